The number of nitrogens with zero attached hydrogens (tertiary/aromatic N) is 3. The van der Waals surface area contributed by atoms with E-state index >= 15 is 0 Å². The summed E-state index contributed by atoms with van der Waals surface area (Å²) in [4.78, 5) is 71.0. The Morgan fingerprint density at radius 3 is 2.14 bits per heavy atom. The second kappa shape index (κ2) is 10.8. The molecule has 0 unspecified atom stereocenters. The molecule has 1 fully saturated rings. The van der Waals surface area contributed by atoms with Crippen molar-refractivity contribution in [1.29, 1.82) is 5.26 Å². The van der Waals surface area contributed by atoms with Crippen molar-refractivity contribution in [3.63, 3.8) is 0 Å². The molecular formula is C31H33N3O9. The van der Waals surface area contributed by atoms with Gasteiger partial charge < -0.3 is 19.3 Å². The molecule has 0 aromatic heterocycles. The molecule has 3 aliphatic heterocycles. The van der Waals surface area contributed by atoms with Crippen LogP contribution < -0.4 is 0 Å². The Bertz CT molecular complexity index is 1590. The molecular weight excluding hydrogens is 558 g/mol. The molecule has 1 saturated heterocycles. The van der Waals surface area contributed by atoms with Crippen LogP contribution >= 0.6 is 0 Å². The van der Waals surface area contributed by atoms with E-state index in [1.165, 1.54) is 28.1 Å². The van der Waals surface area contributed by atoms with Crippen molar-refractivity contribution in [1.82, 2.24) is 9.80 Å². The number of likely N-dealkylation sites (N-methyl/N-ethyl adjacent to an activating group) is 1. The summed E-state index contributed by atoms with van der Waals surface area (Å²) in [7, 11) is 4.21. The standard InChI is InChI=1S/C31H33N3O9/c1-8-12(2)31(40)43-11-18-19-15(24(35)13(3)29(41-6)27(19)38)9-16-22-20-21(25(36)14(4)30(42-7)28(20)39)26(37)23(33(22)5)17(10-32)34(16)18/h8,16-18,22-23,26,37H,9,11H2,1-7H3/t16-,17-,18-,22-,23+,26-/m0/s1. The Morgan fingerprint density at radius 1 is 1.00 bits per heavy atom. The molecule has 0 spiro atoms. The molecule has 2 aliphatic carbocycles. The van der Waals surface area contributed by atoms with Crippen molar-refractivity contribution in [3.05, 3.63) is 56.6 Å². The number of Topliss-reactive ketones (excluding diaryl/α,β-unsaturated/α-hetero) is 4. The number of carbonyl (C=O) groups excluding carboxylic acids is 5. The first-order chi connectivity index (χ1) is 20.4. The number of aliphatic hydroxyl groups is 1. The summed E-state index contributed by atoms with van der Waals surface area (Å²) in [6.45, 7) is 5.77. The fourth-order valence-corrected chi connectivity index (χ4v) is 7.24. The van der Waals surface area contributed by atoms with Crippen molar-refractivity contribution in [2.45, 2.75) is 70.4 Å². The number of esters is 1. The summed E-state index contributed by atoms with van der Waals surface area (Å²) in [5.74, 6) is -3.07. The lowest BCUT2D eigenvalue weighted by atomic mass is 9.66. The topological polar surface area (TPSA) is 164 Å². The Labute approximate surface area is 248 Å². The van der Waals surface area contributed by atoms with Gasteiger partial charge in [-0.05, 0) is 41.2 Å². The second-order valence-electron chi connectivity index (χ2n) is 11.3. The molecule has 2 bridgehead atoms. The molecule has 0 radical (unpaired) electrons. The van der Waals surface area contributed by atoms with E-state index in [0.717, 1.165) is 0 Å². The van der Waals surface area contributed by atoms with Crippen LogP contribution in [0.3, 0.4) is 0 Å². The highest BCUT2D eigenvalue weighted by molar-refractivity contribution is 6.26. The number of methoxy groups -OCH3 is 2. The van der Waals surface area contributed by atoms with Crippen LogP contribution in [-0.4, -0.2) is 108 Å². The highest BCUT2D eigenvalue weighted by atomic mass is 16.5. The number of rotatable bonds is 5. The number of fused-ring (bicyclic) bond motifs is 5. The third-order valence-corrected chi connectivity index (χ3v) is 9.39. The molecule has 5 rings (SSSR count). The van der Waals surface area contributed by atoms with Crippen LogP contribution in [0.5, 0.6) is 0 Å². The third-order valence-electron chi connectivity index (χ3n) is 9.39. The van der Waals surface area contributed by atoms with E-state index < -0.39 is 72.0 Å². The lowest BCUT2D eigenvalue weighted by Gasteiger charge is -2.61. The van der Waals surface area contributed by atoms with Gasteiger partial charge in [-0.15, -0.1) is 0 Å². The SMILES string of the molecule is CC=C(C)C(=O)OC[C@H]1C2=C(C[C@H]3[C@H]4C5=C(C(=O)C(C)=C(OC)C5=O)[C@H](O)[C@@H]([C@H](C#N)N13)N4C)C(=O)C(C)=C(OC)C2=O. The van der Waals surface area contributed by atoms with E-state index in [2.05, 4.69) is 6.07 Å². The summed E-state index contributed by atoms with van der Waals surface area (Å²) in [6.07, 6.45) is -0.0135. The van der Waals surface area contributed by atoms with Crippen molar-refractivity contribution in [3.8, 4) is 6.07 Å². The third kappa shape index (κ3) is 4.10. The van der Waals surface area contributed by atoms with Gasteiger partial charge in [0.15, 0.2) is 23.1 Å². The smallest absolute Gasteiger partial charge is 0.333 e. The average molecular weight is 592 g/mol. The van der Waals surface area contributed by atoms with Crippen LogP contribution in [0, 0.1) is 11.3 Å². The zero-order valence-corrected chi connectivity index (χ0v) is 25.0. The van der Waals surface area contributed by atoms with Gasteiger partial charge in [0, 0.05) is 45.1 Å². The molecule has 0 amide bonds. The van der Waals surface area contributed by atoms with E-state index in [1.54, 1.807) is 36.8 Å². The Kier molecular flexibility index (Phi) is 7.62. The van der Waals surface area contributed by atoms with Gasteiger partial charge in [-0.3, -0.25) is 29.0 Å². The minimum Gasteiger partial charge on any atom is -0.492 e. The number of allylic oxidation sites excluding steroid dienone is 5. The van der Waals surface area contributed by atoms with E-state index in [0.29, 0.717) is 5.57 Å². The van der Waals surface area contributed by atoms with Crippen molar-refractivity contribution in [2.24, 2.45) is 0 Å². The van der Waals surface area contributed by atoms with Gasteiger partial charge in [-0.25, -0.2) is 4.79 Å². The summed E-state index contributed by atoms with van der Waals surface area (Å²) < 4.78 is 16.2. The number of aliphatic hydroxyl groups excluding tert-OH is 1. The van der Waals surface area contributed by atoms with Gasteiger partial charge in [-0.1, -0.05) is 6.08 Å². The molecule has 1 N–H and O–H groups in total. The lowest BCUT2D eigenvalue weighted by molar-refractivity contribution is -0.145. The quantitative estimate of drug-likeness (QED) is 0.270. The largest absolute Gasteiger partial charge is 0.492 e. The minimum atomic E-state index is -1.53. The van der Waals surface area contributed by atoms with E-state index in [9.17, 15) is 34.3 Å². The number of hydrogen-bond acceptors (Lipinski definition) is 12. The number of ether oxygens (including phenoxy) is 3. The van der Waals surface area contributed by atoms with Crippen LogP contribution in [0.25, 0.3) is 0 Å². The number of nitriles is 1. The maximum atomic E-state index is 13.9. The van der Waals surface area contributed by atoms with E-state index in [1.807, 2.05) is 0 Å². The van der Waals surface area contributed by atoms with Crippen molar-refractivity contribution < 1.29 is 43.3 Å². The highest BCUT2D eigenvalue weighted by Crippen LogP contribution is 2.49. The number of piperazine rings is 1. The van der Waals surface area contributed by atoms with E-state index in [-0.39, 0.29) is 51.4 Å². The Hall–Kier alpha value is -4.18. The van der Waals surface area contributed by atoms with Crippen LogP contribution in [0.1, 0.15) is 34.1 Å². The zero-order valence-electron chi connectivity index (χ0n) is 25.0. The van der Waals surface area contributed by atoms with Gasteiger partial charge >= 0.3 is 5.97 Å². The summed E-state index contributed by atoms with van der Waals surface area (Å²) in [5, 5.41) is 22.2. The van der Waals surface area contributed by atoms with Gasteiger partial charge in [0.25, 0.3) is 0 Å². The van der Waals surface area contributed by atoms with Crippen LogP contribution in [0.4, 0.5) is 0 Å². The minimum absolute atomic E-state index is 0.0223. The van der Waals surface area contributed by atoms with Crippen LogP contribution in [0.2, 0.25) is 0 Å². The molecule has 0 saturated carbocycles. The molecule has 12 heteroatoms. The number of hydrogen-bond donors (Lipinski definition) is 1. The highest BCUT2D eigenvalue weighted by Gasteiger charge is 2.62. The Morgan fingerprint density at radius 2 is 1.58 bits per heavy atom. The summed E-state index contributed by atoms with van der Waals surface area (Å²) >= 11 is 0. The maximum Gasteiger partial charge on any atom is 0.333 e. The molecule has 43 heavy (non-hydrogen) atoms. The van der Waals surface area contributed by atoms with Gasteiger partial charge in [0.1, 0.15) is 18.8 Å². The van der Waals surface area contributed by atoms with Gasteiger partial charge in [0.05, 0.1) is 38.4 Å². The maximum absolute atomic E-state index is 13.9. The van der Waals surface area contributed by atoms with Crippen molar-refractivity contribution >= 4 is 29.1 Å². The first-order valence-electron chi connectivity index (χ1n) is 13.9. The molecule has 0 aromatic carbocycles. The fraction of sp³-hybridized carbons (Fsp3) is 0.484. The van der Waals surface area contributed by atoms with Crippen LogP contribution in [-0.2, 0) is 38.2 Å². The average Bonchev–Trinajstić information content (AvgIpc) is 2.98. The summed E-state index contributed by atoms with van der Waals surface area (Å²) in [6, 6.07) is -2.66. The molecule has 5 aliphatic rings. The molecule has 0 aromatic rings. The fourth-order valence-electron chi connectivity index (χ4n) is 7.24. The second-order valence-corrected chi connectivity index (χ2v) is 11.3. The molecule has 12 nitrogen and oxygen atoms in total. The van der Waals surface area contributed by atoms with Gasteiger partial charge in [0.2, 0.25) is 11.6 Å². The predicted molar refractivity (Wildman–Crippen MR) is 149 cm³/mol. The predicted octanol–water partition coefficient (Wildman–Crippen LogP) is 0.626. The van der Waals surface area contributed by atoms with Crippen molar-refractivity contribution in [2.75, 3.05) is 27.9 Å². The molecule has 3 heterocycles. The molecule has 226 valence electrons. The monoisotopic (exact) mass is 591 g/mol. The van der Waals surface area contributed by atoms with E-state index in [4.69, 9.17) is 14.2 Å². The first kappa shape index (κ1) is 30.3. The Balaban J connectivity index is 1.74. The van der Waals surface area contributed by atoms with Gasteiger partial charge in [-0.2, -0.15) is 5.26 Å². The normalized spacial score (nSPS) is 31.6. The summed E-state index contributed by atoms with van der Waals surface area (Å²) in [5.41, 5.74) is 0.623. The number of ketones is 4. The van der Waals surface area contributed by atoms with Crippen LogP contribution in [0.15, 0.2) is 56.6 Å². The number of carbonyl (C=O) groups is 5. The lowest BCUT2D eigenvalue weighted by Crippen LogP contribution is -2.76. The molecule has 6 atom stereocenters. The zero-order chi connectivity index (χ0) is 31.7. The first-order valence-corrected chi connectivity index (χ1v) is 13.9.